The zero-order chi connectivity index (χ0) is 29.7. The van der Waals surface area contributed by atoms with E-state index in [0.717, 1.165) is 44.5 Å². The van der Waals surface area contributed by atoms with Gasteiger partial charge in [-0.3, -0.25) is 0 Å². The fourth-order valence-electron chi connectivity index (χ4n) is 6.29. The van der Waals surface area contributed by atoms with Crippen LogP contribution in [0.2, 0.25) is 0 Å². The predicted octanol–water partition coefficient (Wildman–Crippen LogP) is 9.73. The first-order valence-electron chi connectivity index (χ1n) is 15.0. The van der Waals surface area contributed by atoms with E-state index < -0.39 is 20.4 Å². The van der Waals surface area contributed by atoms with E-state index >= 15 is 0 Å². The van der Waals surface area contributed by atoms with E-state index in [2.05, 4.69) is 78.9 Å². The molecule has 0 aliphatic heterocycles. The molecule has 3 aromatic heterocycles. The minimum absolute atomic E-state index is 0.462. The van der Waals surface area contributed by atoms with E-state index in [-0.39, 0.29) is 0 Å². The number of aromatic nitrogens is 3. The Morgan fingerprint density at radius 1 is 0.511 bits per heavy atom. The van der Waals surface area contributed by atoms with Gasteiger partial charge in [-0.2, -0.15) is 0 Å². The summed E-state index contributed by atoms with van der Waals surface area (Å²) in [5.41, 5.74) is 7.39. The summed E-state index contributed by atoms with van der Waals surface area (Å²) in [6, 6.07) is 48.8. The number of furan rings is 1. The van der Waals surface area contributed by atoms with E-state index in [4.69, 9.17) is 19.4 Å². The van der Waals surface area contributed by atoms with Crippen LogP contribution in [0.1, 0.15) is 11.4 Å². The monoisotopic (exact) mass is 693 g/mol. The maximum atomic E-state index is 6.41. The summed E-state index contributed by atoms with van der Waals surface area (Å²) < 4.78 is 9.44. The van der Waals surface area contributed by atoms with Crippen LogP contribution in [0.5, 0.6) is 0 Å². The number of nitrogens with zero attached hydrogens (tertiary/aromatic N) is 3. The van der Waals surface area contributed by atoms with E-state index in [9.17, 15) is 0 Å². The third-order valence-corrected chi connectivity index (χ3v) is 11.9. The Morgan fingerprint density at radius 2 is 1.20 bits per heavy atom. The van der Waals surface area contributed by atoms with Crippen LogP contribution < -0.4 is 0 Å². The Morgan fingerprint density at radius 3 is 1.98 bits per heavy atom. The van der Waals surface area contributed by atoms with Gasteiger partial charge in [-0.25, -0.2) is 0 Å². The van der Waals surface area contributed by atoms with Gasteiger partial charge in [0.2, 0.25) is 0 Å². The van der Waals surface area contributed by atoms with Crippen LogP contribution in [-0.4, -0.2) is 35.4 Å². The fraction of sp³-hybridized carbons (Fsp3) is 0.0250. The molecule has 0 N–H and O–H groups in total. The fourth-order valence-corrected chi connectivity index (χ4v) is 9.83. The van der Waals surface area contributed by atoms with Crippen LogP contribution >= 0.6 is 0 Å². The molecule has 3 heterocycles. The second-order valence-corrected chi connectivity index (χ2v) is 14.2. The van der Waals surface area contributed by atoms with Gasteiger partial charge in [0.25, 0.3) is 0 Å². The minimum Gasteiger partial charge on any atom is -0.0622 e. The molecule has 45 heavy (non-hydrogen) atoms. The summed E-state index contributed by atoms with van der Waals surface area (Å²) >= 11 is -0.462. The van der Waals surface area contributed by atoms with Crippen LogP contribution in [0.15, 0.2) is 144 Å². The average Bonchev–Trinajstić information content (AvgIpc) is 3.68. The summed E-state index contributed by atoms with van der Waals surface area (Å²) in [6.45, 7) is 0. The summed E-state index contributed by atoms with van der Waals surface area (Å²) in [5.74, 6) is 2.08. The van der Waals surface area contributed by atoms with Gasteiger partial charge < -0.3 is 0 Å². The first-order chi connectivity index (χ1) is 22.3. The molecule has 0 saturated heterocycles. The van der Waals surface area contributed by atoms with Gasteiger partial charge in [-0.1, -0.05) is 60.7 Å². The van der Waals surface area contributed by atoms with Gasteiger partial charge in [-0.15, -0.1) is 0 Å². The van der Waals surface area contributed by atoms with Gasteiger partial charge in [-0.05, 0) is 0 Å². The van der Waals surface area contributed by atoms with Crippen molar-refractivity contribution in [1.82, 2.24) is 15.0 Å². The summed E-state index contributed by atoms with van der Waals surface area (Å²) in [5, 5.41) is 5.02. The Hall–Kier alpha value is -5.08. The molecular formula is C40H25N3OTe. The predicted molar refractivity (Wildman–Crippen MR) is 185 cm³/mol. The number of benzene rings is 6. The normalized spacial score (nSPS) is 11.6. The first kappa shape index (κ1) is 26.3. The molecular weight excluding hydrogens is 666 g/mol. The second-order valence-electron chi connectivity index (χ2n) is 11.2. The molecule has 0 spiro atoms. The standard InChI is InChI=1S/C40H25N3OTe/c1-3-11-25(12-4-1)39-41-36(42-40(43-39)26-13-5-2-6-14-26)24-28-15-9-19-34-37(28)32-23-27(21-22-33(32)44-34)29-17-10-18-31-30-16-7-8-20-35(30)45-38(29)31/h1-23H,24H2. The molecule has 0 atom stereocenters. The maximum absolute atomic E-state index is 6.41. The third kappa shape index (κ3) is 4.64. The first-order valence-corrected chi connectivity index (χ1v) is 17.3. The summed E-state index contributed by atoms with van der Waals surface area (Å²) in [4.78, 5) is 14.8. The minimum atomic E-state index is -0.462. The van der Waals surface area contributed by atoms with E-state index in [1.165, 1.54) is 28.7 Å². The molecule has 0 saturated carbocycles. The van der Waals surface area contributed by atoms with E-state index in [1.807, 2.05) is 60.7 Å². The van der Waals surface area contributed by atoms with Crippen LogP contribution in [0.25, 0.3) is 73.4 Å². The molecule has 0 aliphatic carbocycles. The van der Waals surface area contributed by atoms with Crippen molar-refractivity contribution in [3.8, 4) is 33.9 Å². The van der Waals surface area contributed by atoms with Crippen LogP contribution in [0.3, 0.4) is 0 Å². The van der Waals surface area contributed by atoms with Crippen molar-refractivity contribution < 1.29 is 4.42 Å². The third-order valence-electron chi connectivity index (χ3n) is 8.39. The quantitative estimate of drug-likeness (QED) is 0.169. The Kier molecular flexibility index (Phi) is 6.33. The molecule has 0 bridgehead atoms. The van der Waals surface area contributed by atoms with Gasteiger partial charge in [0.15, 0.2) is 0 Å². The van der Waals surface area contributed by atoms with Crippen molar-refractivity contribution in [2.24, 2.45) is 0 Å². The summed E-state index contributed by atoms with van der Waals surface area (Å²) in [6.07, 6.45) is 0.556. The molecule has 0 fully saturated rings. The van der Waals surface area contributed by atoms with Crippen LogP contribution in [0, 0.1) is 0 Å². The van der Waals surface area contributed by atoms with Gasteiger partial charge in [0, 0.05) is 0 Å². The second kappa shape index (κ2) is 10.8. The van der Waals surface area contributed by atoms with Crippen molar-refractivity contribution in [2.45, 2.75) is 6.42 Å². The molecule has 0 radical (unpaired) electrons. The van der Waals surface area contributed by atoms with Crippen molar-refractivity contribution in [3.05, 3.63) is 151 Å². The smallest absolute Gasteiger partial charge is 0.0622 e. The van der Waals surface area contributed by atoms with Crippen molar-refractivity contribution >= 4 is 59.9 Å². The van der Waals surface area contributed by atoms with Crippen molar-refractivity contribution in [3.63, 3.8) is 0 Å². The van der Waals surface area contributed by atoms with Crippen LogP contribution in [-0.2, 0) is 6.42 Å². The van der Waals surface area contributed by atoms with Gasteiger partial charge >= 0.3 is 210 Å². The molecule has 6 aromatic carbocycles. The topological polar surface area (TPSA) is 51.8 Å². The molecule has 212 valence electrons. The Bertz CT molecular complexity index is 2460. The molecule has 0 aliphatic rings. The Labute approximate surface area is 269 Å². The molecule has 9 rings (SSSR count). The number of hydrogen-bond donors (Lipinski definition) is 0. The van der Waals surface area contributed by atoms with Gasteiger partial charge in [0.05, 0.1) is 0 Å². The molecule has 0 unspecified atom stereocenters. The number of rotatable bonds is 5. The zero-order valence-corrected chi connectivity index (χ0v) is 26.5. The summed E-state index contributed by atoms with van der Waals surface area (Å²) in [7, 11) is 0. The average molecular weight is 691 g/mol. The van der Waals surface area contributed by atoms with Crippen molar-refractivity contribution in [1.29, 1.82) is 0 Å². The molecule has 0 amide bonds. The van der Waals surface area contributed by atoms with E-state index in [1.54, 1.807) is 0 Å². The van der Waals surface area contributed by atoms with E-state index in [0.29, 0.717) is 18.1 Å². The van der Waals surface area contributed by atoms with Crippen LogP contribution in [0.4, 0.5) is 0 Å². The van der Waals surface area contributed by atoms with Gasteiger partial charge in [0.1, 0.15) is 0 Å². The number of fused-ring (bicyclic) bond motifs is 6. The number of hydrogen-bond acceptors (Lipinski definition) is 4. The van der Waals surface area contributed by atoms with Crippen molar-refractivity contribution in [2.75, 3.05) is 0 Å². The Balaban J connectivity index is 1.20. The molecule has 4 nitrogen and oxygen atoms in total. The molecule has 5 heteroatoms. The zero-order valence-electron chi connectivity index (χ0n) is 24.1. The SMILES string of the molecule is c1ccc(-c2nc(Cc3cccc4oc5ccc(-c6cccc7c6[te]c6ccccc67)cc5c34)nc(-c3ccccc3)n2)cc1. The molecule has 9 aromatic rings.